The van der Waals surface area contributed by atoms with E-state index in [1.807, 2.05) is 0 Å². The van der Waals surface area contributed by atoms with Gasteiger partial charge in [-0.15, -0.1) is 5.10 Å². The summed E-state index contributed by atoms with van der Waals surface area (Å²) in [7, 11) is 2.88. The number of hydrogen-bond donors (Lipinski definition) is 0. The van der Waals surface area contributed by atoms with Gasteiger partial charge in [-0.3, -0.25) is 4.79 Å². The van der Waals surface area contributed by atoms with E-state index in [2.05, 4.69) is 25.2 Å². The lowest BCUT2D eigenvalue weighted by molar-refractivity contribution is -0.141. The van der Waals surface area contributed by atoms with Crippen molar-refractivity contribution in [1.82, 2.24) is 25.2 Å². The van der Waals surface area contributed by atoms with Crippen molar-refractivity contribution in [2.75, 3.05) is 14.2 Å². The van der Waals surface area contributed by atoms with Gasteiger partial charge in [-0.25, -0.2) is 9.67 Å². The van der Waals surface area contributed by atoms with E-state index in [0.717, 1.165) is 0 Å². The van der Waals surface area contributed by atoms with Gasteiger partial charge in [0.05, 0.1) is 20.4 Å². The lowest BCUT2D eigenvalue weighted by atomic mass is 10.5. The zero-order chi connectivity index (χ0) is 13.7. The zero-order valence-electron chi connectivity index (χ0n) is 10.3. The van der Waals surface area contributed by atoms with Crippen LogP contribution in [0.25, 0.3) is 0 Å². The molecule has 100 valence electrons. The number of carbonyl (C=O) groups is 1. The summed E-state index contributed by atoms with van der Waals surface area (Å²) in [5.41, 5.74) is 0. The normalized spacial score (nSPS) is 10.2. The van der Waals surface area contributed by atoms with Gasteiger partial charge in [-0.1, -0.05) is 0 Å². The molecule has 0 saturated heterocycles. The Morgan fingerprint density at radius 1 is 1.42 bits per heavy atom. The molecule has 0 aliphatic rings. The Kier molecular flexibility index (Phi) is 4.29. The molecule has 0 atom stereocenters. The van der Waals surface area contributed by atoms with Crippen molar-refractivity contribution in [3.8, 4) is 5.75 Å². The minimum atomic E-state index is -0.420. The molecule has 0 bridgehead atoms. The van der Waals surface area contributed by atoms with Gasteiger partial charge in [0.1, 0.15) is 17.3 Å². The maximum Gasteiger partial charge on any atom is 0.327 e. The summed E-state index contributed by atoms with van der Waals surface area (Å²) < 4.78 is 10.9. The molecule has 0 aromatic carbocycles. The molecule has 19 heavy (non-hydrogen) atoms. The minimum absolute atomic E-state index is 0.0397. The lowest BCUT2D eigenvalue weighted by Gasteiger charge is -2.03. The molecular weight excluding hydrogens is 270 g/mol. The fourth-order valence-electron chi connectivity index (χ4n) is 1.20. The number of tetrazole rings is 1. The van der Waals surface area contributed by atoms with Gasteiger partial charge in [-0.05, 0) is 34.3 Å². The molecule has 9 heteroatoms. The van der Waals surface area contributed by atoms with Crippen molar-refractivity contribution in [3.05, 3.63) is 18.3 Å². The number of methoxy groups -OCH3 is 2. The van der Waals surface area contributed by atoms with E-state index in [4.69, 9.17) is 4.74 Å². The Morgan fingerprint density at radius 2 is 2.26 bits per heavy atom. The Bertz CT molecular complexity index is 557. The predicted molar refractivity (Wildman–Crippen MR) is 64.7 cm³/mol. The van der Waals surface area contributed by atoms with Crippen LogP contribution in [0.15, 0.2) is 28.5 Å². The van der Waals surface area contributed by atoms with Crippen LogP contribution in [0.3, 0.4) is 0 Å². The highest BCUT2D eigenvalue weighted by Gasteiger charge is 2.12. The molecule has 0 fully saturated rings. The van der Waals surface area contributed by atoms with Crippen LogP contribution in [0.1, 0.15) is 0 Å². The van der Waals surface area contributed by atoms with Gasteiger partial charge in [0, 0.05) is 0 Å². The van der Waals surface area contributed by atoms with E-state index in [0.29, 0.717) is 15.9 Å². The van der Waals surface area contributed by atoms with Gasteiger partial charge in [0.25, 0.3) is 0 Å². The first-order chi connectivity index (χ1) is 9.22. The molecule has 0 unspecified atom stereocenters. The highest BCUT2D eigenvalue weighted by Crippen LogP contribution is 2.24. The molecule has 0 spiro atoms. The van der Waals surface area contributed by atoms with Gasteiger partial charge in [0.2, 0.25) is 5.16 Å². The second-order valence-corrected chi connectivity index (χ2v) is 4.32. The third kappa shape index (κ3) is 3.41. The number of esters is 1. The van der Waals surface area contributed by atoms with E-state index >= 15 is 0 Å². The van der Waals surface area contributed by atoms with E-state index in [1.54, 1.807) is 25.4 Å². The predicted octanol–water partition coefficient (Wildman–Crippen LogP) is 0.401. The van der Waals surface area contributed by atoms with Crippen molar-refractivity contribution in [1.29, 1.82) is 0 Å². The van der Waals surface area contributed by atoms with Crippen LogP contribution in [-0.4, -0.2) is 45.4 Å². The van der Waals surface area contributed by atoms with Crippen molar-refractivity contribution >= 4 is 17.7 Å². The van der Waals surface area contributed by atoms with Crippen LogP contribution < -0.4 is 4.74 Å². The molecular formula is C10H11N5O3S. The largest absolute Gasteiger partial charge is 0.495 e. The molecule has 0 aliphatic carbocycles. The third-order valence-corrected chi connectivity index (χ3v) is 3.07. The SMILES string of the molecule is COC(=O)Cn1nnnc1Sc1ccc(OC)cn1. The number of rotatable bonds is 5. The third-order valence-electron chi connectivity index (χ3n) is 2.15. The van der Waals surface area contributed by atoms with Crippen LogP contribution in [0, 0.1) is 0 Å². The number of nitrogens with zero attached hydrogens (tertiary/aromatic N) is 5. The Hall–Kier alpha value is -2.16. The van der Waals surface area contributed by atoms with E-state index < -0.39 is 5.97 Å². The fourth-order valence-corrected chi connectivity index (χ4v) is 1.91. The summed E-state index contributed by atoms with van der Waals surface area (Å²) in [6.07, 6.45) is 1.59. The quantitative estimate of drug-likeness (QED) is 0.727. The molecule has 2 aromatic rings. The average molecular weight is 281 g/mol. The fraction of sp³-hybridized carbons (Fsp3) is 0.300. The Labute approximate surface area is 113 Å². The molecule has 2 heterocycles. The number of carbonyl (C=O) groups excluding carboxylic acids is 1. The first-order valence-electron chi connectivity index (χ1n) is 5.24. The molecule has 0 radical (unpaired) electrons. The van der Waals surface area contributed by atoms with Crippen LogP contribution in [0.2, 0.25) is 0 Å². The van der Waals surface area contributed by atoms with Gasteiger partial charge in [0.15, 0.2) is 0 Å². The standard InChI is InChI=1S/C10H11N5O3S/c1-17-7-3-4-8(11-5-7)19-10-12-13-14-15(10)6-9(16)18-2/h3-5H,6H2,1-2H3. The van der Waals surface area contributed by atoms with E-state index in [9.17, 15) is 4.79 Å². The van der Waals surface area contributed by atoms with Gasteiger partial charge < -0.3 is 9.47 Å². The number of pyridine rings is 1. The summed E-state index contributed by atoms with van der Waals surface area (Å²) in [5.74, 6) is 0.246. The first-order valence-corrected chi connectivity index (χ1v) is 6.05. The second-order valence-electron chi connectivity index (χ2n) is 3.33. The van der Waals surface area contributed by atoms with Crippen molar-refractivity contribution < 1.29 is 14.3 Å². The molecule has 2 rings (SSSR count). The molecule has 0 amide bonds. The summed E-state index contributed by atoms with van der Waals surface area (Å²) in [4.78, 5) is 15.4. The second kappa shape index (κ2) is 6.14. The summed E-state index contributed by atoms with van der Waals surface area (Å²) in [5, 5.41) is 12.2. The number of ether oxygens (including phenoxy) is 2. The van der Waals surface area contributed by atoms with Crippen molar-refractivity contribution in [2.24, 2.45) is 0 Å². The minimum Gasteiger partial charge on any atom is -0.495 e. The topological polar surface area (TPSA) is 92.0 Å². The van der Waals surface area contributed by atoms with E-state index in [-0.39, 0.29) is 6.54 Å². The van der Waals surface area contributed by atoms with E-state index in [1.165, 1.54) is 23.6 Å². The van der Waals surface area contributed by atoms with Crippen LogP contribution >= 0.6 is 11.8 Å². The molecule has 0 N–H and O–H groups in total. The zero-order valence-corrected chi connectivity index (χ0v) is 11.1. The highest BCUT2D eigenvalue weighted by molar-refractivity contribution is 7.99. The maximum atomic E-state index is 11.2. The molecule has 0 saturated carbocycles. The Balaban J connectivity index is 2.10. The maximum absolute atomic E-state index is 11.2. The Morgan fingerprint density at radius 3 is 2.89 bits per heavy atom. The van der Waals surface area contributed by atoms with Crippen molar-refractivity contribution in [2.45, 2.75) is 16.7 Å². The number of hydrogen-bond acceptors (Lipinski definition) is 8. The van der Waals surface area contributed by atoms with Crippen molar-refractivity contribution in [3.63, 3.8) is 0 Å². The van der Waals surface area contributed by atoms with Crippen LogP contribution in [0.5, 0.6) is 5.75 Å². The highest BCUT2D eigenvalue weighted by atomic mass is 32.2. The summed E-state index contributed by atoms with van der Waals surface area (Å²) in [6, 6.07) is 3.56. The first kappa shape index (κ1) is 13.3. The van der Waals surface area contributed by atoms with Crippen LogP contribution in [0.4, 0.5) is 0 Å². The summed E-state index contributed by atoms with van der Waals surface area (Å²) >= 11 is 1.24. The number of aromatic nitrogens is 5. The lowest BCUT2D eigenvalue weighted by Crippen LogP contribution is -2.13. The average Bonchev–Trinajstić information content (AvgIpc) is 2.86. The van der Waals surface area contributed by atoms with Crippen LogP contribution in [-0.2, 0) is 16.1 Å². The molecule has 0 aliphatic heterocycles. The molecule has 8 nitrogen and oxygen atoms in total. The summed E-state index contributed by atoms with van der Waals surface area (Å²) in [6.45, 7) is -0.0397. The molecule has 2 aromatic heterocycles. The monoisotopic (exact) mass is 281 g/mol. The smallest absolute Gasteiger partial charge is 0.327 e. The van der Waals surface area contributed by atoms with Gasteiger partial charge >= 0.3 is 5.97 Å². The van der Waals surface area contributed by atoms with Gasteiger partial charge in [-0.2, -0.15) is 0 Å².